The van der Waals surface area contributed by atoms with Gasteiger partial charge in [-0.25, -0.2) is 9.97 Å². The largest absolute Gasteiger partial charge is 0.370 e. The van der Waals surface area contributed by atoms with Gasteiger partial charge in [-0.3, -0.25) is 4.98 Å². The summed E-state index contributed by atoms with van der Waals surface area (Å²) in [6.45, 7) is 27.2. The molecular weight excluding hydrogens is 562 g/mol. The molecule has 5 heteroatoms. The number of aryl methyl sites for hydroxylation is 2. The van der Waals surface area contributed by atoms with Gasteiger partial charge in [0.15, 0.2) is 0 Å². The SMILES string of the molecule is C.C.C.C.CC.CC.CC.CC(C)c1ccc2c(n1)NCCC2.CC(C)c1ccc2c(n1)NCCCC2.CC(C)c1ccccn1. The Balaban J connectivity index is -0.000000165. The average Bonchev–Trinajstić information content (AvgIpc) is 3.30. The predicted molar refractivity (Wildman–Crippen MR) is 214 cm³/mol. The molecule has 3 aromatic rings. The summed E-state index contributed by atoms with van der Waals surface area (Å²) in [6, 6.07) is 14.8. The highest BCUT2D eigenvalue weighted by Crippen LogP contribution is 2.23. The Kier molecular flexibility index (Phi) is 36.6. The predicted octanol–water partition coefficient (Wildman–Crippen LogP) is 13.3. The third-order valence-electron chi connectivity index (χ3n) is 6.54. The molecule has 268 valence electrons. The summed E-state index contributed by atoms with van der Waals surface area (Å²) in [6.07, 6.45) is 7.95. The van der Waals surface area contributed by atoms with Crippen LogP contribution in [0.4, 0.5) is 11.6 Å². The third-order valence-corrected chi connectivity index (χ3v) is 6.54. The molecule has 0 aromatic carbocycles. The maximum absolute atomic E-state index is 4.66. The normalized spacial score (nSPS) is 11.5. The number of hydrogen-bond donors (Lipinski definition) is 2. The topological polar surface area (TPSA) is 62.7 Å². The van der Waals surface area contributed by atoms with Crippen LogP contribution in [0.3, 0.4) is 0 Å². The summed E-state index contributed by atoms with van der Waals surface area (Å²) >= 11 is 0. The van der Waals surface area contributed by atoms with Crippen molar-refractivity contribution in [3.8, 4) is 0 Å². The van der Waals surface area contributed by atoms with Gasteiger partial charge < -0.3 is 10.6 Å². The Morgan fingerprint density at radius 1 is 0.500 bits per heavy atom. The second-order valence-corrected chi connectivity index (χ2v) is 10.6. The van der Waals surface area contributed by atoms with E-state index >= 15 is 0 Å². The minimum atomic E-state index is 0. The zero-order chi connectivity index (χ0) is 31.9. The molecule has 2 aliphatic heterocycles. The Bertz CT molecular complexity index is 1060. The monoisotopic (exact) mass is 642 g/mol. The first-order valence-electron chi connectivity index (χ1n) is 16.7. The van der Waals surface area contributed by atoms with Gasteiger partial charge in [0, 0.05) is 36.4 Å². The van der Waals surface area contributed by atoms with E-state index in [-0.39, 0.29) is 29.7 Å². The fraction of sp³-hybridized carbons (Fsp3) is 0.634. The molecule has 3 aromatic heterocycles. The fourth-order valence-electron chi connectivity index (χ4n) is 4.21. The van der Waals surface area contributed by atoms with E-state index in [1.807, 2.05) is 65.9 Å². The Hall–Kier alpha value is -2.95. The highest BCUT2D eigenvalue weighted by molar-refractivity contribution is 5.47. The number of fused-ring (bicyclic) bond motifs is 2. The maximum Gasteiger partial charge on any atom is 0.129 e. The maximum atomic E-state index is 4.66. The number of rotatable bonds is 3. The van der Waals surface area contributed by atoms with Crippen LogP contribution < -0.4 is 10.6 Å². The van der Waals surface area contributed by atoms with Crippen LogP contribution >= 0.6 is 0 Å². The van der Waals surface area contributed by atoms with E-state index in [1.54, 1.807) is 0 Å². The molecule has 5 nitrogen and oxygen atoms in total. The molecule has 0 atom stereocenters. The summed E-state index contributed by atoms with van der Waals surface area (Å²) in [4.78, 5) is 13.4. The Labute approximate surface area is 289 Å². The molecule has 0 fully saturated rings. The molecule has 0 radical (unpaired) electrons. The highest BCUT2D eigenvalue weighted by Gasteiger charge is 2.12. The molecule has 0 spiro atoms. The van der Waals surface area contributed by atoms with Crippen molar-refractivity contribution >= 4 is 11.6 Å². The van der Waals surface area contributed by atoms with Crippen LogP contribution in [-0.2, 0) is 12.8 Å². The number of hydrogen-bond acceptors (Lipinski definition) is 5. The molecule has 2 aliphatic rings. The standard InChI is InChI=1S/C12H18N2.C11H16N2.C8H11N.3C2H6.4CH4/c1-9(2)11-7-6-10-5-3-4-8-13-12(10)14-11;1-8(2)10-6-5-9-4-3-7-12-11(9)13-10;1-7(2)8-5-3-4-6-9-8;3*1-2;;;;/h6-7,9H,3-5,8H2,1-2H3,(H,13,14);5-6,8H,3-4,7H2,1-2H3,(H,12,13);3-7H,1-2H3;3*1-2H3;4*1H4. The van der Waals surface area contributed by atoms with E-state index < -0.39 is 0 Å². The van der Waals surface area contributed by atoms with E-state index in [0.717, 1.165) is 30.4 Å². The first-order chi connectivity index (χ1) is 20.3. The van der Waals surface area contributed by atoms with Crippen molar-refractivity contribution in [1.29, 1.82) is 0 Å². The molecule has 0 amide bonds. The van der Waals surface area contributed by atoms with Gasteiger partial charge in [0.25, 0.3) is 0 Å². The summed E-state index contributed by atoms with van der Waals surface area (Å²) in [5, 5.41) is 6.76. The summed E-state index contributed by atoms with van der Waals surface area (Å²) in [5.74, 6) is 3.82. The van der Waals surface area contributed by atoms with Crippen LogP contribution in [0.25, 0.3) is 0 Å². The number of pyridine rings is 3. The van der Waals surface area contributed by atoms with Gasteiger partial charge in [-0.2, -0.15) is 0 Å². The second kappa shape index (κ2) is 32.0. The lowest BCUT2D eigenvalue weighted by Crippen LogP contribution is -2.14. The van der Waals surface area contributed by atoms with Gasteiger partial charge in [-0.15, -0.1) is 0 Å². The first kappa shape index (κ1) is 52.6. The zero-order valence-corrected chi connectivity index (χ0v) is 29.1. The molecular formula is C41H79N5. The van der Waals surface area contributed by atoms with Crippen molar-refractivity contribution in [3.05, 3.63) is 76.9 Å². The fourth-order valence-corrected chi connectivity index (χ4v) is 4.21. The van der Waals surface area contributed by atoms with Crippen LogP contribution in [-0.4, -0.2) is 28.0 Å². The zero-order valence-electron chi connectivity index (χ0n) is 29.1. The number of nitrogens with zero attached hydrogens (tertiary/aromatic N) is 3. The van der Waals surface area contributed by atoms with Gasteiger partial charge in [0.2, 0.25) is 0 Å². The van der Waals surface area contributed by atoms with Crippen molar-refractivity contribution < 1.29 is 0 Å². The van der Waals surface area contributed by atoms with Gasteiger partial charge in [0.1, 0.15) is 11.6 Å². The number of aromatic nitrogens is 3. The number of anilines is 2. The molecule has 0 bridgehead atoms. The minimum Gasteiger partial charge on any atom is -0.370 e. The minimum absolute atomic E-state index is 0. The van der Waals surface area contributed by atoms with Crippen molar-refractivity contribution in [2.75, 3.05) is 23.7 Å². The molecule has 0 aliphatic carbocycles. The molecule has 0 saturated carbocycles. The summed E-state index contributed by atoms with van der Waals surface area (Å²) in [5.41, 5.74) is 6.30. The van der Waals surface area contributed by atoms with Crippen molar-refractivity contribution in [2.45, 2.75) is 163 Å². The van der Waals surface area contributed by atoms with E-state index in [1.165, 1.54) is 54.6 Å². The van der Waals surface area contributed by atoms with E-state index in [2.05, 4.69) is 91.4 Å². The third kappa shape index (κ3) is 19.5. The van der Waals surface area contributed by atoms with Gasteiger partial charge in [0.05, 0.1) is 0 Å². The van der Waals surface area contributed by atoms with Crippen LogP contribution in [0.5, 0.6) is 0 Å². The molecule has 5 rings (SSSR count). The summed E-state index contributed by atoms with van der Waals surface area (Å²) < 4.78 is 0. The Morgan fingerprint density at radius 2 is 0.913 bits per heavy atom. The van der Waals surface area contributed by atoms with E-state index in [0.29, 0.717) is 17.8 Å². The lowest BCUT2D eigenvalue weighted by molar-refractivity contribution is 0.783. The lowest BCUT2D eigenvalue weighted by Gasteiger charge is -2.18. The van der Waals surface area contributed by atoms with Crippen molar-refractivity contribution in [3.63, 3.8) is 0 Å². The smallest absolute Gasteiger partial charge is 0.129 e. The van der Waals surface area contributed by atoms with Gasteiger partial charge in [-0.1, -0.05) is 131 Å². The molecule has 5 heterocycles. The van der Waals surface area contributed by atoms with Crippen LogP contribution in [0, 0.1) is 0 Å². The van der Waals surface area contributed by atoms with E-state index in [4.69, 9.17) is 0 Å². The first-order valence-corrected chi connectivity index (χ1v) is 16.7. The van der Waals surface area contributed by atoms with Crippen LogP contribution in [0.15, 0.2) is 48.7 Å². The molecule has 2 N–H and O–H groups in total. The second-order valence-electron chi connectivity index (χ2n) is 10.6. The number of nitrogens with one attached hydrogen (secondary N) is 2. The molecule has 0 unspecified atom stereocenters. The van der Waals surface area contributed by atoms with Crippen molar-refractivity contribution in [1.82, 2.24) is 15.0 Å². The lowest BCUT2D eigenvalue weighted by atomic mass is 10.0. The summed E-state index contributed by atoms with van der Waals surface area (Å²) in [7, 11) is 0. The highest BCUT2D eigenvalue weighted by atomic mass is 15.0. The van der Waals surface area contributed by atoms with Crippen molar-refractivity contribution in [2.24, 2.45) is 0 Å². The van der Waals surface area contributed by atoms with Gasteiger partial charge >= 0.3 is 0 Å². The Morgan fingerprint density at radius 3 is 1.28 bits per heavy atom. The molecule has 46 heavy (non-hydrogen) atoms. The van der Waals surface area contributed by atoms with Gasteiger partial charge in [-0.05, 0) is 85.3 Å². The average molecular weight is 642 g/mol. The van der Waals surface area contributed by atoms with E-state index in [9.17, 15) is 0 Å². The molecule has 0 saturated heterocycles. The quantitative estimate of drug-likeness (QED) is 0.298. The van der Waals surface area contributed by atoms with Crippen LogP contribution in [0.1, 0.15) is 178 Å². The van der Waals surface area contributed by atoms with Crippen LogP contribution in [0.2, 0.25) is 0 Å².